The Hall–Kier alpha value is -1.15. The number of carbonyl (C=O) groups is 1. The summed E-state index contributed by atoms with van der Waals surface area (Å²) in [5.41, 5.74) is 2.89. The van der Waals surface area contributed by atoms with Gasteiger partial charge in [-0.2, -0.15) is 0 Å². The SMILES string of the molecule is Cc1cc(C)c2c(c1)C(=O)C(C)(O)CC2. The molecule has 1 aromatic carbocycles. The highest BCUT2D eigenvalue weighted by atomic mass is 16.3. The molecule has 0 amide bonds. The lowest BCUT2D eigenvalue weighted by Crippen LogP contribution is -2.39. The predicted octanol–water partition coefficient (Wildman–Crippen LogP) is 2.18. The standard InChI is InChI=1S/C13H16O2/c1-8-6-9(2)10-4-5-13(3,15)12(14)11(10)7-8/h6-7,15H,4-5H2,1-3H3. The number of ketones is 1. The van der Waals surface area contributed by atoms with Crippen molar-refractivity contribution in [2.24, 2.45) is 0 Å². The molecule has 1 N–H and O–H groups in total. The number of fused-ring (bicyclic) bond motifs is 1. The van der Waals surface area contributed by atoms with Crippen molar-refractivity contribution < 1.29 is 9.90 Å². The van der Waals surface area contributed by atoms with Gasteiger partial charge in [0, 0.05) is 5.56 Å². The Morgan fingerprint density at radius 1 is 1.33 bits per heavy atom. The third-order valence-electron chi connectivity index (χ3n) is 3.21. The van der Waals surface area contributed by atoms with Crippen molar-refractivity contribution >= 4 is 5.78 Å². The van der Waals surface area contributed by atoms with E-state index in [1.807, 2.05) is 19.9 Å². The molecule has 1 aromatic rings. The van der Waals surface area contributed by atoms with Crippen LogP contribution in [-0.4, -0.2) is 16.5 Å². The summed E-state index contributed by atoms with van der Waals surface area (Å²) in [5, 5.41) is 9.92. The lowest BCUT2D eigenvalue weighted by atomic mass is 9.78. The Labute approximate surface area is 89.9 Å². The molecule has 1 aliphatic carbocycles. The van der Waals surface area contributed by atoms with E-state index in [2.05, 4.69) is 6.07 Å². The summed E-state index contributed by atoms with van der Waals surface area (Å²) in [6, 6.07) is 3.98. The fourth-order valence-electron chi connectivity index (χ4n) is 2.30. The van der Waals surface area contributed by atoms with Gasteiger partial charge in [0.05, 0.1) is 0 Å². The Kier molecular flexibility index (Phi) is 2.19. The van der Waals surface area contributed by atoms with Crippen LogP contribution in [0.15, 0.2) is 12.1 Å². The zero-order valence-electron chi connectivity index (χ0n) is 9.42. The van der Waals surface area contributed by atoms with Crippen molar-refractivity contribution in [3.63, 3.8) is 0 Å². The topological polar surface area (TPSA) is 37.3 Å². The maximum atomic E-state index is 12.0. The van der Waals surface area contributed by atoms with Gasteiger partial charge < -0.3 is 5.11 Å². The molecule has 2 heteroatoms. The van der Waals surface area contributed by atoms with E-state index in [1.165, 1.54) is 0 Å². The van der Waals surface area contributed by atoms with Gasteiger partial charge in [-0.25, -0.2) is 0 Å². The zero-order valence-corrected chi connectivity index (χ0v) is 9.42. The van der Waals surface area contributed by atoms with E-state index >= 15 is 0 Å². The Morgan fingerprint density at radius 3 is 2.67 bits per heavy atom. The van der Waals surface area contributed by atoms with Crippen LogP contribution in [0.25, 0.3) is 0 Å². The zero-order chi connectivity index (χ0) is 11.2. The molecule has 0 radical (unpaired) electrons. The Balaban J connectivity index is 2.62. The molecule has 0 heterocycles. The fraction of sp³-hybridized carbons (Fsp3) is 0.462. The number of aryl methyl sites for hydroxylation is 2. The molecule has 0 fully saturated rings. The second-order valence-corrected chi connectivity index (χ2v) is 4.71. The van der Waals surface area contributed by atoms with E-state index in [1.54, 1.807) is 6.92 Å². The van der Waals surface area contributed by atoms with Gasteiger partial charge in [-0.05, 0) is 50.8 Å². The van der Waals surface area contributed by atoms with E-state index in [0.717, 1.165) is 23.1 Å². The molecule has 80 valence electrons. The van der Waals surface area contributed by atoms with Crippen LogP contribution in [0.1, 0.15) is 40.4 Å². The van der Waals surface area contributed by atoms with E-state index in [-0.39, 0.29) is 5.78 Å². The van der Waals surface area contributed by atoms with Crippen LogP contribution in [0.3, 0.4) is 0 Å². The number of Topliss-reactive ketones (excluding diaryl/α,β-unsaturated/α-hetero) is 1. The van der Waals surface area contributed by atoms with E-state index < -0.39 is 5.60 Å². The molecule has 0 saturated heterocycles. The van der Waals surface area contributed by atoms with Gasteiger partial charge in [0.15, 0.2) is 5.78 Å². The van der Waals surface area contributed by atoms with Gasteiger partial charge in [0.25, 0.3) is 0 Å². The number of rotatable bonds is 0. The molecule has 0 bridgehead atoms. The van der Waals surface area contributed by atoms with E-state index in [4.69, 9.17) is 0 Å². The largest absolute Gasteiger partial charge is 0.382 e. The molecular weight excluding hydrogens is 188 g/mol. The predicted molar refractivity (Wildman–Crippen MR) is 59.2 cm³/mol. The summed E-state index contributed by atoms with van der Waals surface area (Å²) in [6.07, 6.45) is 1.32. The lowest BCUT2D eigenvalue weighted by Gasteiger charge is -2.29. The van der Waals surface area contributed by atoms with Crippen LogP contribution in [0.2, 0.25) is 0 Å². The van der Waals surface area contributed by atoms with Crippen LogP contribution in [0, 0.1) is 13.8 Å². The van der Waals surface area contributed by atoms with Gasteiger partial charge >= 0.3 is 0 Å². The molecule has 2 nitrogen and oxygen atoms in total. The summed E-state index contributed by atoms with van der Waals surface area (Å²) in [6.45, 7) is 5.61. The number of carbonyl (C=O) groups excluding carboxylic acids is 1. The average molecular weight is 204 g/mol. The van der Waals surface area contributed by atoms with Crippen molar-refractivity contribution in [2.75, 3.05) is 0 Å². The van der Waals surface area contributed by atoms with Gasteiger partial charge in [-0.15, -0.1) is 0 Å². The second-order valence-electron chi connectivity index (χ2n) is 4.71. The molecule has 0 aromatic heterocycles. The first kappa shape index (κ1) is 10.4. The quantitative estimate of drug-likeness (QED) is 0.703. The van der Waals surface area contributed by atoms with Crippen LogP contribution in [-0.2, 0) is 6.42 Å². The average Bonchev–Trinajstić information content (AvgIpc) is 2.12. The molecule has 1 aliphatic rings. The van der Waals surface area contributed by atoms with Gasteiger partial charge in [0.1, 0.15) is 5.60 Å². The third kappa shape index (κ3) is 1.59. The van der Waals surface area contributed by atoms with E-state index in [0.29, 0.717) is 12.0 Å². The minimum atomic E-state index is -1.17. The van der Waals surface area contributed by atoms with Crippen molar-refractivity contribution in [1.82, 2.24) is 0 Å². The van der Waals surface area contributed by atoms with E-state index in [9.17, 15) is 9.90 Å². The minimum absolute atomic E-state index is 0.129. The summed E-state index contributed by atoms with van der Waals surface area (Å²) in [7, 11) is 0. The normalized spacial score (nSPS) is 25.2. The van der Waals surface area contributed by atoms with Crippen LogP contribution in [0.5, 0.6) is 0 Å². The molecule has 0 aliphatic heterocycles. The van der Waals surface area contributed by atoms with Crippen molar-refractivity contribution in [1.29, 1.82) is 0 Å². The lowest BCUT2D eigenvalue weighted by molar-refractivity contribution is 0.0340. The third-order valence-corrected chi connectivity index (χ3v) is 3.21. The van der Waals surface area contributed by atoms with Gasteiger partial charge in [-0.3, -0.25) is 4.79 Å². The van der Waals surface area contributed by atoms with Crippen molar-refractivity contribution in [2.45, 2.75) is 39.2 Å². The van der Waals surface area contributed by atoms with Gasteiger partial charge in [-0.1, -0.05) is 11.6 Å². The molecular formula is C13H16O2. The minimum Gasteiger partial charge on any atom is -0.382 e. The first-order valence-electron chi connectivity index (χ1n) is 5.29. The molecule has 1 atom stereocenters. The molecule has 15 heavy (non-hydrogen) atoms. The molecule has 0 saturated carbocycles. The first-order valence-corrected chi connectivity index (χ1v) is 5.29. The Bertz CT molecular complexity index is 430. The number of hydrogen-bond donors (Lipinski definition) is 1. The van der Waals surface area contributed by atoms with Crippen molar-refractivity contribution in [3.8, 4) is 0 Å². The van der Waals surface area contributed by atoms with Crippen LogP contribution < -0.4 is 0 Å². The summed E-state index contributed by atoms with van der Waals surface area (Å²) in [5.74, 6) is -0.129. The monoisotopic (exact) mass is 204 g/mol. The summed E-state index contributed by atoms with van der Waals surface area (Å²) >= 11 is 0. The second kappa shape index (κ2) is 3.17. The first-order chi connectivity index (χ1) is 6.92. The smallest absolute Gasteiger partial charge is 0.194 e. The highest BCUT2D eigenvalue weighted by molar-refractivity contribution is 6.04. The summed E-state index contributed by atoms with van der Waals surface area (Å²) < 4.78 is 0. The van der Waals surface area contributed by atoms with Crippen LogP contribution >= 0.6 is 0 Å². The van der Waals surface area contributed by atoms with Crippen LogP contribution in [0.4, 0.5) is 0 Å². The number of benzene rings is 1. The highest BCUT2D eigenvalue weighted by Gasteiger charge is 2.36. The number of aliphatic hydroxyl groups is 1. The number of hydrogen-bond acceptors (Lipinski definition) is 2. The Morgan fingerprint density at radius 2 is 2.00 bits per heavy atom. The van der Waals surface area contributed by atoms with Gasteiger partial charge in [0.2, 0.25) is 0 Å². The maximum Gasteiger partial charge on any atom is 0.194 e. The van der Waals surface area contributed by atoms with Crippen molar-refractivity contribution in [3.05, 3.63) is 34.4 Å². The summed E-state index contributed by atoms with van der Waals surface area (Å²) in [4.78, 5) is 12.0. The molecule has 1 unspecified atom stereocenters. The highest BCUT2D eigenvalue weighted by Crippen LogP contribution is 2.31. The molecule has 0 spiro atoms. The molecule has 2 rings (SSSR count). The fourth-order valence-corrected chi connectivity index (χ4v) is 2.30. The maximum absolute atomic E-state index is 12.0.